The van der Waals surface area contributed by atoms with Gasteiger partial charge in [-0.05, 0) is 37.0 Å². The lowest BCUT2D eigenvalue weighted by atomic mass is 9.93. The lowest BCUT2D eigenvalue weighted by molar-refractivity contribution is 0.0689. The van der Waals surface area contributed by atoms with Crippen molar-refractivity contribution in [2.75, 3.05) is 20.2 Å². The van der Waals surface area contributed by atoms with Crippen molar-refractivity contribution in [3.63, 3.8) is 0 Å². The molecule has 128 valence electrons. The van der Waals surface area contributed by atoms with Crippen molar-refractivity contribution in [2.45, 2.75) is 32.6 Å². The quantitative estimate of drug-likeness (QED) is 0.915. The van der Waals surface area contributed by atoms with Crippen LogP contribution in [0.15, 0.2) is 24.3 Å². The third-order valence-corrected chi connectivity index (χ3v) is 4.59. The van der Waals surface area contributed by atoms with Gasteiger partial charge in [0.05, 0.1) is 7.11 Å². The number of aromatic nitrogens is 3. The summed E-state index contributed by atoms with van der Waals surface area (Å²) >= 11 is 0. The first-order chi connectivity index (χ1) is 11.7. The smallest absolute Gasteiger partial charge is 0.253 e. The van der Waals surface area contributed by atoms with Crippen LogP contribution in [0, 0.1) is 5.92 Å². The van der Waals surface area contributed by atoms with E-state index in [9.17, 15) is 4.79 Å². The van der Waals surface area contributed by atoms with Crippen LogP contribution in [0.25, 0.3) is 0 Å². The average molecular weight is 328 g/mol. The Kier molecular flexibility index (Phi) is 5.13. The third-order valence-electron chi connectivity index (χ3n) is 4.59. The molecule has 1 saturated heterocycles. The van der Waals surface area contributed by atoms with Gasteiger partial charge in [-0.2, -0.15) is 5.10 Å². The van der Waals surface area contributed by atoms with Gasteiger partial charge in [0, 0.05) is 31.5 Å². The predicted molar refractivity (Wildman–Crippen MR) is 91.1 cm³/mol. The minimum absolute atomic E-state index is 0.0836. The number of piperidine rings is 1. The molecule has 1 fully saturated rings. The fraction of sp³-hybridized carbons (Fsp3) is 0.500. The topological polar surface area (TPSA) is 71.1 Å². The van der Waals surface area contributed by atoms with E-state index in [-0.39, 0.29) is 5.91 Å². The maximum atomic E-state index is 12.6. The Bertz CT molecular complexity index is 690. The Morgan fingerprint density at radius 1 is 1.38 bits per heavy atom. The SMILES string of the molecule is CCc1n[nH]c(CC2CCN(C(=O)c3cccc(OC)c3)CC2)n1. The van der Waals surface area contributed by atoms with E-state index >= 15 is 0 Å². The van der Waals surface area contributed by atoms with Crippen LogP contribution < -0.4 is 4.74 Å². The van der Waals surface area contributed by atoms with Crippen molar-refractivity contribution in [1.82, 2.24) is 20.1 Å². The summed E-state index contributed by atoms with van der Waals surface area (Å²) in [6.45, 7) is 3.63. The van der Waals surface area contributed by atoms with Gasteiger partial charge >= 0.3 is 0 Å². The van der Waals surface area contributed by atoms with Crippen LogP contribution in [0.4, 0.5) is 0 Å². The van der Waals surface area contributed by atoms with Crippen molar-refractivity contribution in [3.8, 4) is 5.75 Å². The van der Waals surface area contributed by atoms with Crippen molar-refractivity contribution in [1.29, 1.82) is 0 Å². The van der Waals surface area contributed by atoms with E-state index in [0.29, 0.717) is 17.2 Å². The molecule has 2 aromatic rings. The zero-order chi connectivity index (χ0) is 16.9. The number of carbonyl (C=O) groups excluding carboxylic acids is 1. The number of H-pyrrole nitrogens is 1. The first-order valence-corrected chi connectivity index (χ1v) is 8.53. The second-order valence-electron chi connectivity index (χ2n) is 6.22. The molecule has 24 heavy (non-hydrogen) atoms. The number of aryl methyl sites for hydroxylation is 1. The number of ether oxygens (including phenoxy) is 1. The van der Waals surface area contributed by atoms with Gasteiger partial charge in [-0.1, -0.05) is 13.0 Å². The molecule has 6 nitrogen and oxygen atoms in total. The maximum Gasteiger partial charge on any atom is 0.253 e. The van der Waals surface area contributed by atoms with Gasteiger partial charge < -0.3 is 9.64 Å². The van der Waals surface area contributed by atoms with E-state index in [4.69, 9.17) is 4.74 Å². The fourth-order valence-electron chi connectivity index (χ4n) is 3.14. The second-order valence-corrected chi connectivity index (χ2v) is 6.22. The normalized spacial score (nSPS) is 15.5. The summed E-state index contributed by atoms with van der Waals surface area (Å²) in [7, 11) is 1.61. The number of likely N-dealkylation sites (tertiary alicyclic amines) is 1. The highest BCUT2D eigenvalue weighted by Crippen LogP contribution is 2.23. The molecule has 0 aliphatic carbocycles. The van der Waals surface area contributed by atoms with E-state index < -0.39 is 0 Å². The molecule has 0 unspecified atom stereocenters. The largest absolute Gasteiger partial charge is 0.497 e. The Morgan fingerprint density at radius 2 is 2.17 bits per heavy atom. The zero-order valence-electron chi connectivity index (χ0n) is 14.3. The van der Waals surface area contributed by atoms with Crippen LogP contribution in [0.5, 0.6) is 5.75 Å². The van der Waals surface area contributed by atoms with Crippen LogP contribution in [-0.2, 0) is 12.8 Å². The Balaban J connectivity index is 1.55. The molecular weight excluding hydrogens is 304 g/mol. The van der Waals surface area contributed by atoms with Gasteiger partial charge in [0.1, 0.15) is 17.4 Å². The Hall–Kier alpha value is -2.37. The molecule has 1 aliphatic rings. The van der Waals surface area contributed by atoms with Crippen molar-refractivity contribution in [2.24, 2.45) is 5.92 Å². The number of carbonyl (C=O) groups is 1. The molecule has 0 atom stereocenters. The summed E-state index contributed by atoms with van der Waals surface area (Å²) in [5.41, 5.74) is 0.690. The lowest BCUT2D eigenvalue weighted by Crippen LogP contribution is -2.39. The van der Waals surface area contributed by atoms with Gasteiger partial charge in [-0.25, -0.2) is 4.98 Å². The highest BCUT2D eigenvalue weighted by Gasteiger charge is 2.24. The molecule has 1 N–H and O–H groups in total. The maximum absolute atomic E-state index is 12.6. The highest BCUT2D eigenvalue weighted by molar-refractivity contribution is 5.94. The van der Waals surface area contributed by atoms with Crippen molar-refractivity contribution in [3.05, 3.63) is 41.5 Å². The van der Waals surface area contributed by atoms with Crippen molar-refractivity contribution < 1.29 is 9.53 Å². The molecule has 1 aliphatic heterocycles. The van der Waals surface area contributed by atoms with Gasteiger partial charge in [0.2, 0.25) is 0 Å². The Morgan fingerprint density at radius 3 is 2.83 bits per heavy atom. The number of methoxy groups -OCH3 is 1. The fourth-order valence-corrected chi connectivity index (χ4v) is 3.14. The molecular formula is C18H24N4O2. The minimum atomic E-state index is 0.0836. The van der Waals surface area contributed by atoms with Crippen molar-refractivity contribution >= 4 is 5.91 Å². The summed E-state index contributed by atoms with van der Waals surface area (Å²) in [5, 5.41) is 7.21. The number of nitrogens with one attached hydrogen (secondary N) is 1. The molecule has 2 heterocycles. The number of hydrogen-bond acceptors (Lipinski definition) is 4. The number of hydrogen-bond donors (Lipinski definition) is 1. The summed E-state index contributed by atoms with van der Waals surface area (Å²) in [4.78, 5) is 19.0. The van der Waals surface area contributed by atoms with E-state index in [1.807, 2.05) is 23.1 Å². The molecule has 6 heteroatoms. The van der Waals surface area contributed by atoms with E-state index in [2.05, 4.69) is 22.1 Å². The monoisotopic (exact) mass is 328 g/mol. The highest BCUT2D eigenvalue weighted by atomic mass is 16.5. The average Bonchev–Trinajstić information content (AvgIpc) is 3.09. The molecule has 0 bridgehead atoms. The summed E-state index contributed by atoms with van der Waals surface area (Å²) in [6.07, 6.45) is 3.76. The van der Waals surface area contributed by atoms with E-state index in [1.165, 1.54) is 0 Å². The number of benzene rings is 1. The zero-order valence-corrected chi connectivity index (χ0v) is 14.3. The number of nitrogens with zero attached hydrogens (tertiary/aromatic N) is 3. The van der Waals surface area contributed by atoms with Crippen LogP contribution in [-0.4, -0.2) is 46.2 Å². The second kappa shape index (κ2) is 7.47. The van der Waals surface area contributed by atoms with E-state index in [1.54, 1.807) is 13.2 Å². The summed E-state index contributed by atoms with van der Waals surface area (Å²) in [6, 6.07) is 7.35. The summed E-state index contributed by atoms with van der Waals surface area (Å²) < 4.78 is 5.20. The summed E-state index contributed by atoms with van der Waals surface area (Å²) in [5.74, 6) is 3.19. The standard InChI is InChI=1S/C18H24N4O2/c1-3-16-19-17(21-20-16)11-13-7-9-22(10-8-13)18(23)14-5-4-6-15(12-14)24-2/h4-6,12-13H,3,7-11H2,1-2H3,(H,19,20,21). The number of rotatable bonds is 5. The third kappa shape index (κ3) is 3.75. The molecule has 1 aromatic heterocycles. The molecule has 3 rings (SSSR count). The van der Waals surface area contributed by atoms with Crippen LogP contribution in [0.3, 0.4) is 0 Å². The molecule has 1 aromatic carbocycles. The van der Waals surface area contributed by atoms with Gasteiger partial charge in [-0.3, -0.25) is 9.89 Å². The van der Waals surface area contributed by atoms with E-state index in [0.717, 1.165) is 50.4 Å². The Labute approximate surface area is 142 Å². The van der Waals surface area contributed by atoms with Gasteiger partial charge in [-0.15, -0.1) is 0 Å². The van der Waals surface area contributed by atoms with Crippen LogP contribution in [0.2, 0.25) is 0 Å². The first-order valence-electron chi connectivity index (χ1n) is 8.53. The van der Waals surface area contributed by atoms with Gasteiger partial charge in [0.25, 0.3) is 5.91 Å². The van der Waals surface area contributed by atoms with Crippen LogP contribution in [0.1, 0.15) is 41.8 Å². The lowest BCUT2D eigenvalue weighted by Gasteiger charge is -2.31. The molecule has 0 saturated carbocycles. The van der Waals surface area contributed by atoms with Gasteiger partial charge in [0.15, 0.2) is 0 Å². The minimum Gasteiger partial charge on any atom is -0.497 e. The first kappa shape index (κ1) is 16.5. The number of amides is 1. The molecule has 0 radical (unpaired) electrons. The predicted octanol–water partition coefficient (Wildman–Crippen LogP) is 2.47. The molecule has 1 amide bonds. The van der Waals surface area contributed by atoms with Crippen LogP contribution >= 0.6 is 0 Å². The number of aromatic amines is 1. The molecule has 0 spiro atoms.